The summed E-state index contributed by atoms with van der Waals surface area (Å²) < 4.78 is 0.509. The van der Waals surface area contributed by atoms with Crippen molar-refractivity contribution in [1.82, 2.24) is 9.88 Å². The highest BCUT2D eigenvalue weighted by Crippen LogP contribution is 2.24. The van der Waals surface area contributed by atoms with Crippen molar-refractivity contribution in [2.45, 2.75) is 13.8 Å². The summed E-state index contributed by atoms with van der Waals surface area (Å²) in [5, 5.41) is 0. The van der Waals surface area contributed by atoms with E-state index in [4.69, 9.17) is 12.2 Å². The molecular weight excluding hydrogens is 306 g/mol. The largest absolute Gasteiger partial charge is 0.368 e. The van der Waals surface area contributed by atoms with Crippen LogP contribution in [0.1, 0.15) is 21.5 Å². The van der Waals surface area contributed by atoms with E-state index in [0.29, 0.717) is 10.2 Å². The zero-order valence-electron chi connectivity index (χ0n) is 13.5. The number of hydrogen-bond acceptors (Lipinski definition) is 3. The van der Waals surface area contributed by atoms with Crippen LogP contribution in [0.25, 0.3) is 0 Å². The fourth-order valence-electron chi connectivity index (χ4n) is 2.99. The third kappa shape index (κ3) is 3.15. The quantitative estimate of drug-likeness (QED) is 0.860. The zero-order valence-corrected chi connectivity index (χ0v) is 14.3. The minimum atomic E-state index is 0.0208. The molecule has 3 rings (SSSR count). The number of benzene rings is 1. The molecular formula is C18H21N3OS. The summed E-state index contributed by atoms with van der Waals surface area (Å²) >= 11 is 5.22. The maximum Gasteiger partial charge on any atom is 0.256 e. The first kappa shape index (κ1) is 15.7. The lowest BCUT2D eigenvalue weighted by Crippen LogP contribution is -2.49. The summed E-state index contributed by atoms with van der Waals surface area (Å²) in [6, 6.07) is 10.00. The Morgan fingerprint density at radius 2 is 1.83 bits per heavy atom. The van der Waals surface area contributed by atoms with Crippen LogP contribution in [0.3, 0.4) is 0 Å². The van der Waals surface area contributed by atoms with Gasteiger partial charge >= 0.3 is 0 Å². The van der Waals surface area contributed by atoms with Crippen LogP contribution >= 0.6 is 12.2 Å². The fraction of sp³-hybridized carbons (Fsp3) is 0.333. The van der Waals surface area contributed by atoms with E-state index in [-0.39, 0.29) is 5.91 Å². The Balaban J connectivity index is 1.71. The number of aromatic nitrogens is 1. The van der Waals surface area contributed by atoms with Crippen LogP contribution in [0.5, 0.6) is 0 Å². The number of aryl methyl sites for hydroxylation is 1. The fourth-order valence-corrected chi connectivity index (χ4v) is 3.21. The van der Waals surface area contributed by atoms with Gasteiger partial charge in [0.05, 0.1) is 5.56 Å². The second kappa shape index (κ2) is 6.54. The van der Waals surface area contributed by atoms with E-state index in [1.807, 2.05) is 11.0 Å². The van der Waals surface area contributed by atoms with Gasteiger partial charge in [-0.05, 0) is 43.2 Å². The molecule has 0 saturated carbocycles. The number of hydrogen-bond donors (Lipinski definition) is 1. The number of nitrogens with one attached hydrogen (secondary N) is 1. The molecule has 23 heavy (non-hydrogen) atoms. The zero-order chi connectivity index (χ0) is 16.4. The summed E-state index contributed by atoms with van der Waals surface area (Å²) in [6.07, 6.45) is 1.75. The summed E-state index contributed by atoms with van der Waals surface area (Å²) in [4.78, 5) is 19.8. The molecule has 1 aromatic heterocycles. The molecule has 1 fully saturated rings. The van der Waals surface area contributed by atoms with Crippen LogP contribution in [0.15, 0.2) is 36.5 Å². The van der Waals surface area contributed by atoms with Gasteiger partial charge in [-0.1, -0.05) is 24.4 Å². The molecule has 1 amide bonds. The maximum absolute atomic E-state index is 12.6. The van der Waals surface area contributed by atoms with Gasteiger partial charge in [-0.3, -0.25) is 4.79 Å². The average molecular weight is 327 g/mol. The highest BCUT2D eigenvalue weighted by atomic mass is 32.1. The van der Waals surface area contributed by atoms with Gasteiger partial charge in [-0.15, -0.1) is 0 Å². The summed E-state index contributed by atoms with van der Waals surface area (Å²) in [7, 11) is 0. The van der Waals surface area contributed by atoms with Crippen LogP contribution < -0.4 is 4.90 Å². The molecule has 0 aliphatic carbocycles. The first-order valence-corrected chi connectivity index (χ1v) is 8.27. The van der Waals surface area contributed by atoms with Gasteiger partial charge in [-0.25, -0.2) is 0 Å². The molecule has 1 aliphatic heterocycles. The van der Waals surface area contributed by atoms with E-state index in [9.17, 15) is 4.79 Å². The second-order valence-corrected chi connectivity index (χ2v) is 6.32. The highest BCUT2D eigenvalue weighted by Gasteiger charge is 2.23. The van der Waals surface area contributed by atoms with E-state index in [2.05, 4.69) is 41.9 Å². The third-order valence-corrected chi connectivity index (χ3v) is 4.87. The van der Waals surface area contributed by atoms with E-state index >= 15 is 0 Å². The summed E-state index contributed by atoms with van der Waals surface area (Å²) in [5.41, 5.74) is 4.48. The molecule has 2 heterocycles. The molecule has 0 unspecified atom stereocenters. The molecule has 2 aromatic rings. The number of rotatable bonds is 2. The van der Waals surface area contributed by atoms with Gasteiger partial charge in [-0.2, -0.15) is 0 Å². The number of piperazine rings is 1. The van der Waals surface area contributed by atoms with Crippen molar-refractivity contribution >= 4 is 23.8 Å². The number of carbonyl (C=O) groups is 1. The first-order valence-electron chi connectivity index (χ1n) is 7.86. The number of H-pyrrole nitrogens is 1. The van der Waals surface area contributed by atoms with Gasteiger partial charge < -0.3 is 14.8 Å². The van der Waals surface area contributed by atoms with Crippen LogP contribution in [0, 0.1) is 18.5 Å². The van der Waals surface area contributed by atoms with Gasteiger partial charge in [0, 0.05) is 38.1 Å². The van der Waals surface area contributed by atoms with Crippen LogP contribution in [0.2, 0.25) is 0 Å². The molecule has 5 heteroatoms. The molecule has 0 atom stereocenters. The van der Waals surface area contributed by atoms with Gasteiger partial charge in [0.15, 0.2) is 0 Å². The van der Waals surface area contributed by atoms with Crippen molar-refractivity contribution in [3.05, 3.63) is 57.9 Å². The number of anilines is 1. The van der Waals surface area contributed by atoms with E-state index in [0.717, 1.165) is 26.2 Å². The third-order valence-electron chi connectivity index (χ3n) is 4.53. The molecule has 1 N–H and O–H groups in total. The van der Waals surface area contributed by atoms with Crippen LogP contribution in [-0.4, -0.2) is 42.0 Å². The lowest BCUT2D eigenvalue weighted by atomic mass is 10.1. The topological polar surface area (TPSA) is 39.3 Å². The molecule has 0 radical (unpaired) electrons. The predicted molar refractivity (Wildman–Crippen MR) is 95.7 cm³/mol. The van der Waals surface area contributed by atoms with Gasteiger partial charge in [0.2, 0.25) is 0 Å². The molecule has 1 aromatic carbocycles. The van der Waals surface area contributed by atoms with E-state index < -0.39 is 0 Å². The number of amides is 1. The Bertz CT molecular complexity index is 776. The van der Waals surface area contributed by atoms with Crippen molar-refractivity contribution in [3.63, 3.8) is 0 Å². The number of aromatic amines is 1. The van der Waals surface area contributed by atoms with Gasteiger partial charge in [0.25, 0.3) is 5.91 Å². The Hall–Kier alpha value is -2.14. The van der Waals surface area contributed by atoms with E-state index in [1.54, 1.807) is 12.3 Å². The average Bonchev–Trinajstić information content (AvgIpc) is 2.57. The Labute approximate surface area is 141 Å². The van der Waals surface area contributed by atoms with Crippen molar-refractivity contribution in [2.75, 3.05) is 31.1 Å². The summed E-state index contributed by atoms with van der Waals surface area (Å²) in [5.74, 6) is 0.0208. The normalized spacial score (nSPS) is 14.9. The number of pyridine rings is 1. The lowest BCUT2D eigenvalue weighted by Gasteiger charge is -2.37. The molecule has 0 spiro atoms. The number of carbonyl (C=O) groups excluding carboxylic acids is 1. The molecule has 0 bridgehead atoms. The predicted octanol–water partition coefficient (Wildman–Crippen LogP) is 3.32. The van der Waals surface area contributed by atoms with Crippen molar-refractivity contribution in [3.8, 4) is 0 Å². The first-order chi connectivity index (χ1) is 11.1. The standard InChI is InChI=1S/C18H21N3OS/c1-13-5-3-7-16(14(13)2)20-9-11-21(12-10-20)18(22)15-6-4-8-19-17(15)23/h3-8H,9-12H2,1-2H3,(H,19,23). The maximum atomic E-state index is 12.6. The Morgan fingerprint density at radius 1 is 1.09 bits per heavy atom. The SMILES string of the molecule is Cc1cccc(N2CCN(C(=O)c3ccc[nH]c3=S)CC2)c1C. The van der Waals surface area contributed by atoms with Crippen LogP contribution in [-0.2, 0) is 0 Å². The Morgan fingerprint density at radius 3 is 2.52 bits per heavy atom. The molecule has 120 valence electrons. The van der Waals surface area contributed by atoms with Crippen molar-refractivity contribution in [2.24, 2.45) is 0 Å². The minimum Gasteiger partial charge on any atom is -0.368 e. The minimum absolute atomic E-state index is 0.0208. The monoisotopic (exact) mass is 327 g/mol. The summed E-state index contributed by atoms with van der Waals surface area (Å²) in [6.45, 7) is 7.42. The second-order valence-electron chi connectivity index (χ2n) is 5.91. The van der Waals surface area contributed by atoms with Crippen molar-refractivity contribution < 1.29 is 4.79 Å². The van der Waals surface area contributed by atoms with E-state index in [1.165, 1.54) is 16.8 Å². The van der Waals surface area contributed by atoms with Gasteiger partial charge in [0.1, 0.15) is 4.64 Å². The molecule has 1 aliphatic rings. The smallest absolute Gasteiger partial charge is 0.256 e. The Kier molecular flexibility index (Phi) is 4.48. The number of nitrogens with zero attached hydrogens (tertiary/aromatic N) is 2. The van der Waals surface area contributed by atoms with Crippen molar-refractivity contribution in [1.29, 1.82) is 0 Å². The molecule has 4 nitrogen and oxygen atoms in total. The molecule has 1 saturated heterocycles. The lowest BCUT2D eigenvalue weighted by molar-refractivity contribution is 0.0745. The van der Waals surface area contributed by atoms with Crippen LogP contribution in [0.4, 0.5) is 5.69 Å². The highest BCUT2D eigenvalue weighted by molar-refractivity contribution is 7.71.